The van der Waals surface area contributed by atoms with Crippen molar-refractivity contribution in [1.29, 1.82) is 0 Å². The maximum atomic E-state index is 5.91. The second-order valence-corrected chi connectivity index (χ2v) is 4.04. The fourth-order valence-electron chi connectivity index (χ4n) is 0.971. The Bertz CT molecular complexity index is 289. The van der Waals surface area contributed by atoms with Gasteiger partial charge in [-0.15, -0.1) is 11.6 Å². The number of unbranched alkanes of at least 4 members (excludes halogenated alkanes) is 1. The predicted octanol–water partition coefficient (Wildman–Crippen LogP) is 4.39. The average molecular weight is 254 g/mol. The van der Waals surface area contributed by atoms with E-state index in [-0.39, 0.29) is 0 Å². The maximum absolute atomic E-state index is 5.91. The molecule has 0 N–H and O–H groups in total. The van der Waals surface area contributed by atoms with Crippen LogP contribution < -0.4 is 4.74 Å². The molecule has 0 radical (unpaired) electrons. The highest BCUT2D eigenvalue weighted by Gasteiger charge is 2.01. The third kappa shape index (κ3) is 3.95. The van der Waals surface area contributed by atoms with Crippen molar-refractivity contribution in [1.82, 2.24) is 0 Å². The summed E-state index contributed by atoms with van der Waals surface area (Å²) in [6, 6.07) is 5.19. The summed E-state index contributed by atoms with van der Waals surface area (Å²) >= 11 is 17.2. The first-order valence-electron chi connectivity index (χ1n) is 4.38. The Morgan fingerprint density at radius 2 is 1.93 bits per heavy atom. The SMILES string of the molecule is ClCCCCOc1ccc(Cl)cc1Cl. The first-order chi connectivity index (χ1) is 6.74. The fourth-order valence-corrected chi connectivity index (χ4v) is 1.62. The largest absolute Gasteiger partial charge is 0.492 e. The van der Waals surface area contributed by atoms with Crippen molar-refractivity contribution < 1.29 is 4.74 Å². The van der Waals surface area contributed by atoms with E-state index in [1.807, 2.05) is 0 Å². The van der Waals surface area contributed by atoms with Gasteiger partial charge in [-0.2, -0.15) is 0 Å². The highest BCUT2D eigenvalue weighted by Crippen LogP contribution is 2.27. The molecule has 0 aromatic heterocycles. The molecule has 78 valence electrons. The van der Waals surface area contributed by atoms with E-state index in [2.05, 4.69) is 0 Å². The van der Waals surface area contributed by atoms with Gasteiger partial charge >= 0.3 is 0 Å². The number of rotatable bonds is 5. The van der Waals surface area contributed by atoms with Crippen LogP contribution >= 0.6 is 34.8 Å². The molecule has 1 aromatic rings. The quantitative estimate of drug-likeness (QED) is 0.558. The lowest BCUT2D eigenvalue weighted by Crippen LogP contribution is -1.97. The van der Waals surface area contributed by atoms with Gasteiger partial charge in [-0.25, -0.2) is 0 Å². The van der Waals surface area contributed by atoms with E-state index < -0.39 is 0 Å². The Kier molecular flexibility index (Phi) is 5.46. The summed E-state index contributed by atoms with van der Waals surface area (Å²) < 4.78 is 5.44. The summed E-state index contributed by atoms with van der Waals surface area (Å²) in [6.45, 7) is 0.633. The third-order valence-corrected chi connectivity index (χ3v) is 2.48. The van der Waals surface area contributed by atoms with Crippen LogP contribution in [0.3, 0.4) is 0 Å². The molecule has 0 atom stereocenters. The number of alkyl halides is 1. The zero-order valence-corrected chi connectivity index (χ0v) is 9.87. The van der Waals surface area contributed by atoms with Crippen LogP contribution in [-0.4, -0.2) is 12.5 Å². The van der Waals surface area contributed by atoms with Crippen molar-refractivity contribution in [3.05, 3.63) is 28.2 Å². The van der Waals surface area contributed by atoms with Crippen LogP contribution in [0, 0.1) is 0 Å². The lowest BCUT2D eigenvalue weighted by molar-refractivity contribution is 0.310. The van der Waals surface area contributed by atoms with Crippen molar-refractivity contribution in [2.24, 2.45) is 0 Å². The van der Waals surface area contributed by atoms with Crippen LogP contribution in [0.15, 0.2) is 18.2 Å². The summed E-state index contributed by atoms with van der Waals surface area (Å²) in [7, 11) is 0. The van der Waals surface area contributed by atoms with Crippen LogP contribution in [-0.2, 0) is 0 Å². The maximum Gasteiger partial charge on any atom is 0.137 e. The Morgan fingerprint density at radius 3 is 2.57 bits per heavy atom. The molecule has 0 spiro atoms. The van der Waals surface area contributed by atoms with Crippen molar-refractivity contribution in [2.45, 2.75) is 12.8 Å². The van der Waals surface area contributed by atoms with E-state index in [1.54, 1.807) is 18.2 Å². The second-order valence-electron chi connectivity index (χ2n) is 2.82. The minimum absolute atomic E-state index is 0.545. The Balaban J connectivity index is 2.42. The van der Waals surface area contributed by atoms with E-state index in [9.17, 15) is 0 Å². The molecule has 0 unspecified atom stereocenters. The highest BCUT2D eigenvalue weighted by molar-refractivity contribution is 6.35. The van der Waals surface area contributed by atoms with Crippen LogP contribution in [0.5, 0.6) is 5.75 Å². The predicted molar refractivity (Wildman–Crippen MR) is 61.9 cm³/mol. The van der Waals surface area contributed by atoms with Gasteiger partial charge in [0, 0.05) is 10.9 Å². The van der Waals surface area contributed by atoms with Gasteiger partial charge in [-0.3, -0.25) is 0 Å². The number of ether oxygens (including phenoxy) is 1. The molecule has 0 aliphatic carbocycles. The van der Waals surface area contributed by atoms with E-state index in [0.29, 0.717) is 28.3 Å². The van der Waals surface area contributed by atoms with Gasteiger partial charge < -0.3 is 4.74 Å². The summed E-state index contributed by atoms with van der Waals surface area (Å²) in [6.07, 6.45) is 1.88. The van der Waals surface area contributed by atoms with Gasteiger partial charge in [0.05, 0.1) is 11.6 Å². The molecular formula is C10H11Cl3O. The standard InChI is InChI=1S/C10H11Cl3O/c11-5-1-2-6-14-10-4-3-8(12)7-9(10)13/h3-4,7H,1-2,5-6H2. The first-order valence-corrected chi connectivity index (χ1v) is 5.67. The summed E-state index contributed by atoms with van der Waals surface area (Å²) in [4.78, 5) is 0. The van der Waals surface area contributed by atoms with Gasteiger partial charge in [0.25, 0.3) is 0 Å². The average Bonchev–Trinajstić information content (AvgIpc) is 2.15. The molecule has 0 fully saturated rings. The van der Waals surface area contributed by atoms with Gasteiger partial charge in [0.2, 0.25) is 0 Å². The molecule has 0 aliphatic rings. The second kappa shape index (κ2) is 6.39. The first kappa shape index (κ1) is 12.0. The van der Waals surface area contributed by atoms with E-state index >= 15 is 0 Å². The lowest BCUT2D eigenvalue weighted by atomic mass is 10.3. The fraction of sp³-hybridized carbons (Fsp3) is 0.400. The molecule has 0 saturated carbocycles. The summed E-state index contributed by atoms with van der Waals surface area (Å²) in [5.41, 5.74) is 0. The molecule has 1 rings (SSSR count). The van der Waals surface area contributed by atoms with Crippen LogP contribution in [0.1, 0.15) is 12.8 Å². The van der Waals surface area contributed by atoms with Gasteiger partial charge in [0.1, 0.15) is 5.75 Å². The number of halogens is 3. The Labute approximate surface area is 98.9 Å². The lowest BCUT2D eigenvalue weighted by Gasteiger charge is -2.07. The highest BCUT2D eigenvalue weighted by atomic mass is 35.5. The van der Waals surface area contributed by atoms with E-state index in [4.69, 9.17) is 39.5 Å². The number of hydrogen-bond acceptors (Lipinski definition) is 1. The molecule has 0 saturated heterocycles. The monoisotopic (exact) mass is 252 g/mol. The topological polar surface area (TPSA) is 9.23 Å². The Morgan fingerprint density at radius 1 is 1.14 bits per heavy atom. The molecule has 0 heterocycles. The number of hydrogen-bond donors (Lipinski definition) is 0. The van der Waals surface area contributed by atoms with Crippen LogP contribution in [0.2, 0.25) is 10.0 Å². The van der Waals surface area contributed by atoms with Crippen LogP contribution in [0.25, 0.3) is 0 Å². The van der Waals surface area contributed by atoms with Gasteiger partial charge in [-0.1, -0.05) is 23.2 Å². The molecular weight excluding hydrogens is 242 g/mol. The molecule has 0 aliphatic heterocycles. The molecule has 0 amide bonds. The van der Waals surface area contributed by atoms with Crippen molar-refractivity contribution in [2.75, 3.05) is 12.5 Å². The van der Waals surface area contributed by atoms with Crippen molar-refractivity contribution in [3.8, 4) is 5.75 Å². The summed E-state index contributed by atoms with van der Waals surface area (Å²) in [5, 5.41) is 1.16. The van der Waals surface area contributed by atoms with Gasteiger partial charge in [-0.05, 0) is 31.0 Å². The van der Waals surface area contributed by atoms with E-state index in [0.717, 1.165) is 12.8 Å². The molecule has 4 heteroatoms. The third-order valence-electron chi connectivity index (χ3n) is 1.68. The van der Waals surface area contributed by atoms with Crippen molar-refractivity contribution >= 4 is 34.8 Å². The molecule has 0 bridgehead atoms. The number of benzene rings is 1. The van der Waals surface area contributed by atoms with Crippen molar-refractivity contribution in [3.63, 3.8) is 0 Å². The smallest absolute Gasteiger partial charge is 0.137 e. The van der Waals surface area contributed by atoms with Gasteiger partial charge in [0.15, 0.2) is 0 Å². The molecule has 14 heavy (non-hydrogen) atoms. The van der Waals surface area contributed by atoms with Crippen LogP contribution in [0.4, 0.5) is 0 Å². The molecule has 1 nitrogen and oxygen atoms in total. The zero-order valence-electron chi connectivity index (χ0n) is 7.60. The summed E-state index contributed by atoms with van der Waals surface area (Å²) in [5.74, 6) is 1.34. The zero-order chi connectivity index (χ0) is 10.4. The minimum atomic E-state index is 0.545. The van der Waals surface area contributed by atoms with E-state index in [1.165, 1.54) is 0 Å². The minimum Gasteiger partial charge on any atom is -0.492 e. The molecule has 1 aromatic carbocycles. The normalized spacial score (nSPS) is 10.2. The Hall–Kier alpha value is -0.110.